The number of ketones is 2. The van der Waals surface area contributed by atoms with Crippen molar-refractivity contribution in [1.82, 2.24) is 10.2 Å². The van der Waals surface area contributed by atoms with Gasteiger partial charge in [0.25, 0.3) is 32.1 Å². The predicted octanol–water partition coefficient (Wildman–Crippen LogP) is 4.73. The Balaban J connectivity index is 1.09. The molecule has 6 rings (SSSR count). The zero-order valence-corrected chi connectivity index (χ0v) is 32.9. The number of imide groups is 1. The Morgan fingerprint density at radius 1 is 0.746 bits per heavy atom. The normalized spacial score (nSPS) is 13.8. The highest BCUT2D eigenvalue weighted by Crippen LogP contribution is 2.41. The highest BCUT2D eigenvalue weighted by Gasteiger charge is 2.37. The van der Waals surface area contributed by atoms with E-state index < -0.39 is 64.7 Å². The van der Waals surface area contributed by atoms with Crippen LogP contribution in [0.15, 0.2) is 105 Å². The van der Waals surface area contributed by atoms with E-state index in [2.05, 4.69) is 20.9 Å². The molecular formula is C39H37N7O11S2. The summed E-state index contributed by atoms with van der Waals surface area (Å²) in [4.78, 5) is 63.9. The van der Waals surface area contributed by atoms with Crippen molar-refractivity contribution >= 4 is 83.6 Å². The van der Waals surface area contributed by atoms with Crippen LogP contribution in [0.3, 0.4) is 0 Å². The van der Waals surface area contributed by atoms with Gasteiger partial charge >= 0.3 is 0 Å². The molecule has 1 heterocycles. The Hall–Kier alpha value is -6.61. The fourth-order valence-corrected chi connectivity index (χ4v) is 7.83. The number of rotatable bonds is 16. The van der Waals surface area contributed by atoms with Gasteiger partial charge in [-0.05, 0) is 61.4 Å². The van der Waals surface area contributed by atoms with Crippen LogP contribution >= 0.6 is 0 Å². The number of hydrogen-bond acceptors (Lipinski definition) is 14. The van der Waals surface area contributed by atoms with Gasteiger partial charge < -0.3 is 21.3 Å². The highest BCUT2D eigenvalue weighted by atomic mass is 32.2. The quantitative estimate of drug-likeness (QED) is 0.0295. The lowest BCUT2D eigenvalue weighted by atomic mass is 9.82. The summed E-state index contributed by atoms with van der Waals surface area (Å²) in [6, 6.07) is 17.0. The second-order valence-electron chi connectivity index (χ2n) is 13.5. The van der Waals surface area contributed by atoms with Gasteiger partial charge in [-0.1, -0.05) is 30.7 Å². The Morgan fingerprint density at radius 3 is 1.97 bits per heavy atom. The molecule has 4 aromatic carbocycles. The molecule has 2 aliphatic rings. The predicted molar refractivity (Wildman–Crippen MR) is 215 cm³/mol. The third-order valence-electron chi connectivity index (χ3n) is 9.52. The molecule has 0 radical (unpaired) electrons. The number of amides is 3. The second-order valence-corrected chi connectivity index (χ2v) is 16.3. The molecule has 0 atom stereocenters. The Labute approximate surface area is 338 Å². The van der Waals surface area contributed by atoms with Gasteiger partial charge in [-0.15, -0.1) is 0 Å². The Morgan fingerprint density at radius 2 is 1.34 bits per heavy atom. The summed E-state index contributed by atoms with van der Waals surface area (Å²) in [6.07, 6.45) is 4.96. The minimum absolute atomic E-state index is 0.00899. The average Bonchev–Trinajstić information content (AvgIpc) is 3.51. The molecule has 0 spiro atoms. The van der Waals surface area contributed by atoms with Gasteiger partial charge in [0.05, 0.1) is 39.6 Å². The van der Waals surface area contributed by atoms with Gasteiger partial charge in [0.15, 0.2) is 11.6 Å². The number of carbonyl (C=O) groups excluding carboxylic acids is 5. The molecule has 0 aromatic heterocycles. The summed E-state index contributed by atoms with van der Waals surface area (Å²) < 4.78 is 69.9. The summed E-state index contributed by atoms with van der Waals surface area (Å²) >= 11 is 0. The number of benzene rings is 4. The summed E-state index contributed by atoms with van der Waals surface area (Å²) in [7, 11) is -8.15. The minimum Gasteiger partial charge on any atom is -0.397 e. The van der Waals surface area contributed by atoms with Crippen LogP contribution < -0.4 is 21.3 Å². The lowest BCUT2D eigenvalue weighted by molar-refractivity contribution is -0.137. The Kier molecular flexibility index (Phi) is 12.2. The molecule has 3 amide bonds. The van der Waals surface area contributed by atoms with Gasteiger partial charge in [-0.2, -0.15) is 27.1 Å². The SMILES string of the molecule is CN(CCCCCC(=O)NCCN1C(=O)C=CC1=O)c1ccc(/N=N/c2ccc(Nc3cc(S(=O)(=O)O)c(N)c4c3C(=O)c3ccccc3C4=O)c(S(=O)(=O)O)c2)cc1. The van der Waals surface area contributed by atoms with E-state index in [4.69, 9.17) is 5.73 Å². The molecule has 0 saturated carbocycles. The minimum atomic E-state index is -5.06. The summed E-state index contributed by atoms with van der Waals surface area (Å²) in [5.41, 5.74) is 4.95. The van der Waals surface area contributed by atoms with Crippen molar-refractivity contribution in [3.63, 3.8) is 0 Å². The molecule has 306 valence electrons. The van der Waals surface area contributed by atoms with Gasteiger partial charge in [0.1, 0.15) is 9.79 Å². The molecule has 0 saturated heterocycles. The van der Waals surface area contributed by atoms with E-state index in [-0.39, 0.29) is 52.7 Å². The standard InChI is InChI=1S/C39H37N7O11S2/c1-45(19-6-2-3-9-32(47)41-18-20-46-33(48)16-17-34(46)49)25-13-10-23(11-14-25)43-44-24-12-15-28(30(21-24)58(52,53)54)42-29-22-31(59(55,56)57)37(40)36-35(29)38(50)26-7-4-5-8-27(26)39(36)51/h4-5,7-8,10-17,21-22,42H,2-3,6,9,18-20,40H2,1H3,(H,41,47)(H,52,53,54)(H,55,56,57)/b44-43+. The van der Waals surface area contributed by atoms with Crippen molar-refractivity contribution in [3.8, 4) is 0 Å². The smallest absolute Gasteiger partial charge is 0.296 e. The molecular weight excluding hydrogens is 807 g/mol. The number of unbranched alkanes of at least 4 members (excludes halogenated alkanes) is 2. The van der Waals surface area contributed by atoms with Crippen molar-refractivity contribution in [3.05, 3.63) is 107 Å². The first-order valence-electron chi connectivity index (χ1n) is 18.0. The molecule has 1 aliphatic carbocycles. The van der Waals surface area contributed by atoms with Crippen LogP contribution in [-0.2, 0) is 34.6 Å². The first-order valence-corrected chi connectivity index (χ1v) is 20.9. The summed E-state index contributed by atoms with van der Waals surface area (Å²) in [5.74, 6) is -2.48. The first-order chi connectivity index (χ1) is 27.9. The second kappa shape index (κ2) is 17.1. The van der Waals surface area contributed by atoms with Crippen molar-refractivity contribution in [2.45, 2.75) is 35.5 Å². The van der Waals surface area contributed by atoms with Crippen LogP contribution in [-0.4, -0.2) is 86.8 Å². The number of nitrogens with one attached hydrogen (secondary N) is 2. The number of nitrogen functional groups attached to an aromatic ring is 1. The topological polar surface area (TPSA) is 275 Å². The van der Waals surface area contributed by atoms with E-state index in [1.165, 1.54) is 48.6 Å². The average molecular weight is 844 g/mol. The molecule has 4 aromatic rings. The number of nitrogens with zero attached hydrogens (tertiary/aromatic N) is 4. The number of nitrogens with two attached hydrogens (primary N) is 1. The zero-order valence-electron chi connectivity index (χ0n) is 31.3. The largest absolute Gasteiger partial charge is 0.397 e. The van der Waals surface area contributed by atoms with Crippen LogP contribution in [0.4, 0.5) is 34.1 Å². The molecule has 6 N–H and O–H groups in total. The summed E-state index contributed by atoms with van der Waals surface area (Å²) in [5, 5.41) is 13.6. The third kappa shape index (κ3) is 9.41. The monoisotopic (exact) mass is 843 g/mol. The van der Waals surface area contributed by atoms with Crippen LogP contribution in [0.2, 0.25) is 0 Å². The molecule has 0 fully saturated rings. The maximum absolute atomic E-state index is 13.7. The van der Waals surface area contributed by atoms with E-state index in [1.807, 2.05) is 24.1 Å². The van der Waals surface area contributed by atoms with Gasteiger partial charge in [-0.3, -0.25) is 38.0 Å². The van der Waals surface area contributed by atoms with Crippen LogP contribution in [0.5, 0.6) is 0 Å². The maximum Gasteiger partial charge on any atom is 0.296 e. The molecule has 1 aliphatic heterocycles. The molecule has 20 heteroatoms. The lowest BCUT2D eigenvalue weighted by Crippen LogP contribution is -2.38. The van der Waals surface area contributed by atoms with E-state index >= 15 is 0 Å². The third-order valence-corrected chi connectivity index (χ3v) is 11.3. The Bertz CT molecular complexity index is 2660. The van der Waals surface area contributed by atoms with Crippen LogP contribution in [0, 0.1) is 0 Å². The van der Waals surface area contributed by atoms with E-state index in [9.17, 15) is 49.9 Å². The van der Waals surface area contributed by atoms with Crippen molar-refractivity contribution in [2.24, 2.45) is 10.2 Å². The first kappa shape index (κ1) is 42.0. The zero-order chi connectivity index (χ0) is 42.6. The highest BCUT2D eigenvalue weighted by molar-refractivity contribution is 7.86. The number of fused-ring (bicyclic) bond motifs is 2. The van der Waals surface area contributed by atoms with Crippen molar-refractivity contribution in [1.29, 1.82) is 0 Å². The van der Waals surface area contributed by atoms with Crippen molar-refractivity contribution < 1.29 is 49.9 Å². The number of hydrogen-bond donors (Lipinski definition) is 5. The van der Waals surface area contributed by atoms with Gasteiger partial charge in [0, 0.05) is 62.1 Å². The van der Waals surface area contributed by atoms with Crippen LogP contribution in [0.1, 0.15) is 57.5 Å². The molecule has 0 bridgehead atoms. The summed E-state index contributed by atoms with van der Waals surface area (Å²) in [6.45, 7) is 1.00. The number of carbonyl (C=O) groups is 5. The van der Waals surface area contributed by atoms with Gasteiger partial charge in [0.2, 0.25) is 5.91 Å². The lowest BCUT2D eigenvalue weighted by Gasteiger charge is -2.24. The fourth-order valence-electron chi connectivity index (χ4n) is 6.52. The van der Waals surface area contributed by atoms with Crippen LogP contribution in [0.25, 0.3) is 0 Å². The van der Waals surface area contributed by atoms with E-state index in [0.717, 1.165) is 35.6 Å². The van der Waals surface area contributed by atoms with E-state index in [0.29, 0.717) is 25.1 Å². The van der Waals surface area contributed by atoms with Gasteiger partial charge in [-0.25, -0.2) is 0 Å². The molecule has 59 heavy (non-hydrogen) atoms. The van der Waals surface area contributed by atoms with E-state index in [1.54, 1.807) is 12.1 Å². The molecule has 0 unspecified atom stereocenters. The maximum atomic E-state index is 13.7. The fraction of sp³-hybridized carbons (Fsp3) is 0.205. The number of azo groups is 1. The van der Waals surface area contributed by atoms with Crippen molar-refractivity contribution in [2.75, 3.05) is 42.6 Å². The number of anilines is 4. The molecule has 18 nitrogen and oxygen atoms in total.